The van der Waals surface area contributed by atoms with Crippen LogP contribution in [0.2, 0.25) is 5.02 Å². The summed E-state index contributed by atoms with van der Waals surface area (Å²) in [6.45, 7) is 2.36. The number of nitrogens with zero attached hydrogens (tertiary/aromatic N) is 3. The van der Waals surface area contributed by atoms with Gasteiger partial charge in [0.2, 0.25) is 0 Å². The summed E-state index contributed by atoms with van der Waals surface area (Å²) in [5, 5.41) is 8.85. The highest BCUT2D eigenvalue weighted by Crippen LogP contribution is 2.60. The van der Waals surface area contributed by atoms with Crippen LogP contribution in [0.25, 0.3) is 5.65 Å². The Hall–Kier alpha value is -1.33. The monoisotopic (exact) mass is 331 g/mol. The van der Waals surface area contributed by atoms with E-state index in [9.17, 15) is 0 Å². The number of anilines is 1. The van der Waals surface area contributed by atoms with Crippen LogP contribution in [0.1, 0.15) is 50.3 Å². The minimum absolute atomic E-state index is 0.299. The van der Waals surface area contributed by atoms with Gasteiger partial charge >= 0.3 is 0 Å². The number of nitrogens with one attached hydrogen (secondary N) is 1. The van der Waals surface area contributed by atoms with Crippen molar-refractivity contribution in [3.05, 3.63) is 22.5 Å². The van der Waals surface area contributed by atoms with E-state index in [0.717, 1.165) is 37.1 Å². The fourth-order valence-corrected chi connectivity index (χ4v) is 4.86. The first kappa shape index (κ1) is 14.1. The maximum atomic E-state index is 6.34. The van der Waals surface area contributed by atoms with E-state index in [0.29, 0.717) is 28.4 Å². The van der Waals surface area contributed by atoms with Crippen LogP contribution in [-0.2, 0) is 11.8 Å². The third kappa shape index (κ3) is 1.89. The van der Waals surface area contributed by atoms with Gasteiger partial charge in [-0.15, -0.1) is 0 Å². The molecule has 0 bridgehead atoms. The predicted molar refractivity (Wildman–Crippen MR) is 91.0 cm³/mol. The largest absolute Gasteiger partial charge is 0.367 e. The van der Waals surface area contributed by atoms with Crippen LogP contribution in [0.5, 0.6) is 0 Å². The van der Waals surface area contributed by atoms with Crippen molar-refractivity contribution < 1.29 is 0 Å². The molecule has 5 rings (SSSR count). The van der Waals surface area contributed by atoms with Crippen LogP contribution in [-0.4, -0.2) is 26.7 Å². The van der Waals surface area contributed by atoms with E-state index < -0.39 is 0 Å². The quantitative estimate of drug-likeness (QED) is 0.888. The standard InChI is InChI=1S/C17H22ClN5/c1-9-6-12-14(17(9)4-5-17)22-16-13(18)8-20-23(16)15(12)21-11-3-2-10(19)7-11/h8-11,21H,2-7,19H2,1H3/t9?,10-,11-/m0/s1. The van der Waals surface area contributed by atoms with Gasteiger partial charge in [-0.3, -0.25) is 0 Å². The van der Waals surface area contributed by atoms with Crippen molar-refractivity contribution in [3.63, 3.8) is 0 Å². The molecule has 2 fully saturated rings. The highest BCUT2D eigenvalue weighted by molar-refractivity contribution is 6.33. The molecule has 3 aliphatic rings. The van der Waals surface area contributed by atoms with Gasteiger partial charge in [0.05, 0.1) is 11.9 Å². The molecule has 1 unspecified atom stereocenters. The molecule has 2 aromatic heterocycles. The average molecular weight is 332 g/mol. The molecule has 2 saturated carbocycles. The molecule has 0 aromatic carbocycles. The lowest BCUT2D eigenvalue weighted by Crippen LogP contribution is -2.23. The highest BCUT2D eigenvalue weighted by Gasteiger charge is 2.56. The van der Waals surface area contributed by atoms with E-state index in [4.69, 9.17) is 22.3 Å². The first-order valence-electron chi connectivity index (χ1n) is 8.67. The summed E-state index contributed by atoms with van der Waals surface area (Å²) in [7, 11) is 0. The normalized spacial score (nSPS) is 31.0. The molecule has 3 atom stereocenters. The molecular weight excluding hydrogens is 310 g/mol. The van der Waals surface area contributed by atoms with Crippen LogP contribution < -0.4 is 11.1 Å². The van der Waals surface area contributed by atoms with Gasteiger partial charge in [-0.2, -0.15) is 9.61 Å². The zero-order valence-corrected chi connectivity index (χ0v) is 14.1. The van der Waals surface area contributed by atoms with E-state index in [-0.39, 0.29) is 0 Å². The molecule has 5 nitrogen and oxygen atoms in total. The maximum absolute atomic E-state index is 6.34. The molecule has 0 radical (unpaired) electrons. The van der Waals surface area contributed by atoms with Crippen molar-refractivity contribution in [2.75, 3.05) is 5.32 Å². The Balaban J connectivity index is 1.66. The minimum Gasteiger partial charge on any atom is -0.367 e. The maximum Gasteiger partial charge on any atom is 0.176 e. The summed E-state index contributed by atoms with van der Waals surface area (Å²) in [5.74, 6) is 1.76. The molecule has 0 amide bonds. The molecule has 1 spiro atoms. The van der Waals surface area contributed by atoms with Crippen molar-refractivity contribution in [2.24, 2.45) is 11.7 Å². The summed E-state index contributed by atoms with van der Waals surface area (Å²) in [6.07, 6.45) is 8.52. The Morgan fingerprint density at radius 3 is 2.91 bits per heavy atom. The van der Waals surface area contributed by atoms with Crippen LogP contribution in [0.4, 0.5) is 5.82 Å². The summed E-state index contributed by atoms with van der Waals surface area (Å²) in [6, 6.07) is 0.738. The van der Waals surface area contributed by atoms with Crippen molar-refractivity contribution in [2.45, 2.75) is 62.9 Å². The number of hydrogen-bond donors (Lipinski definition) is 2. The Bertz CT molecular complexity index is 794. The van der Waals surface area contributed by atoms with Gasteiger partial charge in [0.25, 0.3) is 0 Å². The fourth-order valence-electron chi connectivity index (χ4n) is 4.69. The number of hydrogen-bond acceptors (Lipinski definition) is 4. The Labute approximate surface area is 140 Å². The molecule has 2 heterocycles. The zero-order valence-electron chi connectivity index (χ0n) is 13.3. The number of halogens is 1. The van der Waals surface area contributed by atoms with Gasteiger partial charge in [0, 0.05) is 23.1 Å². The highest BCUT2D eigenvalue weighted by atomic mass is 35.5. The second-order valence-electron chi connectivity index (χ2n) is 7.69. The van der Waals surface area contributed by atoms with E-state index in [1.54, 1.807) is 6.20 Å². The Kier molecular flexibility index (Phi) is 2.81. The third-order valence-electron chi connectivity index (χ3n) is 6.23. The molecule has 0 saturated heterocycles. The van der Waals surface area contributed by atoms with Gasteiger partial charge in [-0.25, -0.2) is 4.98 Å². The second kappa shape index (κ2) is 4.61. The Morgan fingerprint density at radius 2 is 2.22 bits per heavy atom. The molecule has 0 aliphatic heterocycles. The van der Waals surface area contributed by atoms with Crippen LogP contribution in [0, 0.1) is 5.92 Å². The van der Waals surface area contributed by atoms with Crippen molar-refractivity contribution >= 4 is 23.1 Å². The Morgan fingerprint density at radius 1 is 1.39 bits per heavy atom. The van der Waals surface area contributed by atoms with E-state index in [2.05, 4.69) is 17.3 Å². The molecule has 23 heavy (non-hydrogen) atoms. The van der Waals surface area contributed by atoms with Crippen molar-refractivity contribution in [1.82, 2.24) is 14.6 Å². The fraction of sp³-hybridized carbons (Fsp3) is 0.647. The first-order valence-corrected chi connectivity index (χ1v) is 9.05. The smallest absolute Gasteiger partial charge is 0.176 e. The average Bonchev–Trinajstić information content (AvgIpc) is 3.00. The molecule has 122 valence electrons. The van der Waals surface area contributed by atoms with Crippen molar-refractivity contribution in [1.29, 1.82) is 0 Å². The van der Waals surface area contributed by atoms with E-state index in [1.165, 1.54) is 24.1 Å². The molecular formula is C17H22ClN5. The number of fused-ring (bicyclic) bond motifs is 3. The van der Waals surface area contributed by atoms with Gasteiger partial charge in [-0.1, -0.05) is 18.5 Å². The van der Waals surface area contributed by atoms with Gasteiger partial charge < -0.3 is 11.1 Å². The first-order chi connectivity index (χ1) is 11.1. The lowest BCUT2D eigenvalue weighted by atomic mass is 9.94. The van der Waals surface area contributed by atoms with Gasteiger partial charge in [0.1, 0.15) is 10.8 Å². The predicted octanol–water partition coefficient (Wildman–Crippen LogP) is 2.90. The number of nitrogens with two attached hydrogens (primary N) is 1. The van der Waals surface area contributed by atoms with Gasteiger partial charge in [0.15, 0.2) is 5.65 Å². The summed E-state index contributed by atoms with van der Waals surface area (Å²) >= 11 is 6.34. The number of aromatic nitrogens is 3. The van der Waals surface area contributed by atoms with E-state index >= 15 is 0 Å². The SMILES string of the molecule is CC1Cc2c(nc3c(Cl)cnn3c2N[C@H]2CC[C@H](N)C2)C12CC2. The van der Waals surface area contributed by atoms with Gasteiger partial charge in [-0.05, 0) is 44.4 Å². The molecule has 6 heteroatoms. The van der Waals surface area contributed by atoms with Crippen LogP contribution in [0.15, 0.2) is 6.20 Å². The lowest BCUT2D eigenvalue weighted by Gasteiger charge is -2.19. The molecule has 3 N–H and O–H groups in total. The molecule has 2 aromatic rings. The lowest BCUT2D eigenvalue weighted by molar-refractivity contribution is 0.476. The topological polar surface area (TPSA) is 68.2 Å². The van der Waals surface area contributed by atoms with Crippen LogP contribution in [0.3, 0.4) is 0 Å². The zero-order chi connectivity index (χ0) is 15.8. The third-order valence-corrected chi connectivity index (χ3v) is 6.50. The minimum atomic E-state index is 0.299. The second-order valence-corrected chi connectivity index (χ2v) is 8.10. The summed E-state index contributed by atoms with van der Waals surface area (Å²) in [5.41, 5.74) is 9.79. The summed E-state index contributed by atoms with van der Waals surface area (Å²) < 4.78 is 1.90. The number of rotatable bonds is 2. The molecule has 3 aliphatic carbocycles. The van der Waals surface area contributed by atoms with E-state index in [1.807, 2.05) is 4.52 Å². The van der Waals surface area contributed by atoms with Crippen molar-refractivity contribution in [3.8, 4) is 0 Å². The summed E-state index contributed by atoms with van der Waals surface area (Å²) in [4.78, 5) is 4.93. The van der Waals surface area contributed by atoms with Crippen LogP contribution >= 0.6 is 11.6 Å².